The standard InChI is InChI=1S/C24H32N4/c1-25-24(26-16-19-14-15-28(18-19)22-12-13-22)27-17-23(20-8-4-2-5-9-20)21-10-6-3-7-11-21/h2-11,19,22-23H,12-18H2,1H3,(H2,25,26,27). The first kappa shape index (κ1) is 19.0. The van der Waals surface area contributed by atoms with E-state index >= 15 is 0 Å². The van der Waals surface area contributed by atoms with Crippen LogP contribution in [0.3, 0.4) is 0 Å². The van der Waals surface area contributed by atoms with Crippen LogP contribution in [0.4, 0.5) is 0 Å². The molecule has 1 saturated heterocycles. The summed E-state index contributed by atoms with van der Waals surface area (Å²) in [5.74, 6) is 1.94. The average molecular weight is 377 g/mol. The van der Waals surface area contributed by atoms with E-state index < -0.39 is 0 Å². The lowest BCUT2D eigenvalue weighted by Gasteiger charge is -2.21. The van der Waals surface area contributed by atoms with E-state index in [1.165, 1.54) is 43.5 Å². The van der Waals surface area contributed by atoms with Crippen LogP contribution in [-0.2, 0) is 0 Å². The van der Waals surface area contributed by atoms with Crippen LogP contribution in [0.25, 0.3) is 0 Å². The van der Waals surface area contributed by atoms with Crippen molar-refractivity contribution in [2.75, 3.05) is 33.2 Å². The molecule has 4 heteroatoms. The van der Waals surface area contributed by atoms with Gasteiger partial charge in [-0.3, -0.25) is 4.99 Å². The molecule has 1 atom stereocenters. The molecule has 2 aliphatic rings. The first-order valence-corrected chi connectivity index (χ1v) is 10.6. The smallest absolute Gasteiger partial charge is 0.191 e. The highest BCUT2D eigenvalue weighted by Gasteiger charge is 2.34. The van der Waals surface area contributed by atoms with Crippen molar-refractivity contribution in [1.29, 1.82) is 0 Å². The molecule has 2 aromatic rings. The SMILES string of the molecule is CN=C(NCC1CCN(C2CC2)C1)NCC(c1ccccc1)c1ccccc1. The molecule has 1 aliphatic carbocycles. The normalized spacial score (nSPS) is 20.5. The van der Waals surface area contributed by atoms with Crippen LogP contribution in [0, 0.1) is 5.92 Å². The number of benzene rings is 2. The molecule has 2 fully saturated rings. The Balaban J connectivity index is 1.33. The summed E-state index contributed by atoms with van der Waals surface area (Å²) in [5.41, 5.74) is 2.65. The zero-order chi connectivity index (χ0) is 19.2. The fourth-order valence-electron chi connectivity index (χ4n) is 4.26. The molecule has 0 amide bonds. The maximum absolute atomic E-state index is 4.46. The van der Waals surface area contributed by atoms with Gasteiger partial charge in [0.05, 0.1) is 0 Å². The Labute approximate surface area is 169 Å². The molecule has 4 nitrogen and oxygen atoms in total. The number of nitrogens with zero attached hydrogens (tertiary/aromatic N) is 2. The van der Waals surface area contributed by atoms with Crippen LogP contribution in [0.1, 0.15) is 36.3 Å². The minimum atomic E-state index is 0.304. The van der Waals surface area contributed by atoms with Crippen molar-refractivity contribution in [3.8, 4) is 0 Å². The van der Waals surface area contributed by atoms with E-state index in [-0.39, 0.29) is 0 Å². The molecule has 0 spiro atoms. The molecule has 0 aromatic heterocycles. The third-order valence-electron chi connectivity index (χ3n) is 6.04. The quantitative estimate of drug-likeness (QED) is 0.574. The number of hydrogen-bond donors (Lipinski definition) is 2. The number of aliphatic imine (C=N–C) groups is 1. The van der Waals surface area contributed by atoms with Crippen LogP contribution < -0.4 is 10.6 Å². The highest BCUT2D eigenvalue weighted by atomic mass is 15.2. The van der Waals surface area contributed by atoms with Crippen LogP contribution in [0.5, 0.6) is 0 Å². The molecule has 2 N–H and O–H groups in total. The Hall–Kier alpha value is -2.33. The van der Waals surface area contributed by atoms with Crippen molar-refractivity contribution in [2.24, 2.45) is 10.9 Å². The Morgan fingerprint density at radius 3 is 2.18 bits per heavy atom. The summed E-state index contributed by atoms with van der Waals surface area (Å²) < 4.78 is 0. The van der Waals surface area contributed by atoms with Crippen LogP contribution in [-0.4, -0.2) is 50.1 Å². The maximum atomic E-state index is 4.46. The zero-order valence-electron chi connectivity index (χ0n) is 16.8. The van der Waals surface area contributed by atoms with Crippen molar-refractivity contribution in [3.63, 3.8) is 0 Å². The van der Waals surface area contributed by atoms with Crippen molar-refractivity contribution >= 4 is 5.96 Å². The highest BCUT2D eigenvalue weighted by molar-refractivity contribution is 5.79. The second kappa shape index (κ2) is 9.24. The van der Waals surface area contributed by atoms with Gasteiger partial charge < -0.3 is 15.5 Å². The minimum absolute atomic E-state index is 0.304. The predicted octanol–water partition coefficient (Wildman–Crippen LogP) is 3.47. The van der Waals surface area contributed by atoms with Crippen molar-refractivity contribution in [2.45, 2.75) is 31.2 Å². The van der Waals surface area contributed by atoms with Crippen molar-refractivity contribution < 1.29 is 0 Å². The Bertz CT molecular complexity index is 715. The predicted molar refractivity (Wildman–Crippen MR) is 117 cm³/mol. The second-order valence-corrected chi connectivity index (χ2v) is 8.09. The van der Waals surface area contributed by atoms with Gasteiger partial charge in [0, 0.05) is 38.6 Å². The highest BCUT2D eigenvalue weighted by Crippen LogP contribution is 2.31. The van der Waals surface area contributed by atoms with Gasteiger partial charge in [-0.05, 0) is 42.9 Å². The van der Waals surface area contributed by atoms with Gasteiger partial charge in [-0.25, -0.2) is 0 Å². The van der Waals surface area contributed by atoms with Crippen molar-refractivity contribution in [1.82, 2.24) is 15.5 Å². The number of hydrogen-bond acceptors (Lipinski definition) is 2. The summed E-state index contributed by atoms with van der Waals surface area (Å²) >= 11 is 0. The minimum Gasteiger partial charge on any atom is -0.356 e. The lowest BCUT2D eigenvalue weighted by atomic mass is 9.91. The molecule has 0 radical (unpaired) electrons. The number of rotatable bonds is 7. The zero-order valence-corrected chi connectivity index (χ0v) is 16.8. The Kier molecular flexibility index (Phi) is 6.27. The summed E-state index contributed by atoms with van der Waals surface area (Å²) in [6, 6.07) is 22.3. The molecule has 28 heavy (non-hydrogen) atoms. The molecule has 4 rings (SSSR count). The summed E-state index contributed by atoms with van der Waals surface area (Å²) in [6.45, 7) is 4.34. The molecular formula is C24H32N4. The van der Waals surface area contributed by atoms with Gasteiger partial charge in [0.15, 0.2) is 5.96 Å². The lowest BCUT2D eigenvalue weighted by molar-refractivity contribution is 0.314. The van der Waals surface area contributed by atoms with Gasteiger partial charge in [0.25, 0.3) is 0 Å². The Morgan fingerprint density at radius 2 is 1.61 bits per heavy atom. The summed E-state index contributed by atoms with van der Waals surface area (Å²) in [4.78, 5) is 7.13. The van der Waals surface area contributed by atoms with E-state index in [0.29, 0.717) is 5.92 Å². The molecule has 2 aromatic carbocycles. The van der Waals surface area contributed by atoms with E-state index in [9.17, 15) is 0 Å². The third-order valence-corrected chi connectivity index (χ3v) is 6.04. The third kappa shape index (κ3) is 4.93. The summed E-state index contributed by atoms with van der Waals surface area (Å²) in [7, 11) is 1.86. The number of guanidine groups is 1. The molecule has 1 saturated carbocycles. The molecule has 1 unspecified atom stereocenters. The maximum Gasteiger partial charge on any atom is 0.191 e. The number of nitrogens with one attached hydrogen (secondary N) is 2. The van der Waals surface area contributed by atoms with Gasteiger partial charge in [-0.1, -0.05) is 60.7 Å². The van der Waals surface area contributed by atoms with E-state index in [4.69, 9.17) is 0 Å². The Morgan fingerprint density at radius 1 is 0.964 bits per heavy atom. The molecule has 148 valence electrons. The summed E-state index contributed by atoms with van der Waals surface area (Å²) in [6.07, 6.45) is 4.12. The molecule has 1 heterocycles. The fourth-order valence-corrected chi connectivity index (χ4v) is 4.26. The topological polar surface area (TPSA) is 39.7 Å². The molecule has 1 aliphatic heterocycles. The van der Waals surface area contributed by atoms with Crippen molar-refractivity contribution in [3.05, 3.63) is 71.8 Å². The van der Waals surface area contributed by atoms with E-state index in [2.05, 4.69) is 81.2 Å². The fraction of sp³-hybridized carbons (Fsp3) is 0.458. The monoisotopic (exact) mass is 376 g/mol. The van der Waals surface area contributed by atoms with E-state index in [0.717, 1.165) is 31.0 Å². The lowest BCUT2D eigenvalue weighted by Crippen LogP contribution is -2.42. The van der Waals surface area contributed by atoms with Crippen LogP contribution in [0.15, 0.2) is 65.7 Å². The first-order valence-electron chi connectivity index (χ1n) is 10.6. The van der Waals surface area contributed by atoms with Gasteiger partial charge in [0.1, 0.15) is 0 Å². The average Bonchev–Trinajstić information content (AvgIpc) is 3.50. The van der Waals surface area contributed by atoms with Crippen LogP contribution in [0.2, 0.25) is 0 Å². The van der Waals surface area contributed by atoms with E-state index in [1.807, 2.05) is 7.05 Å². The first-order chi connectivity index (χ1) is 13.8. The van der Waals surface area contributed by atoms with Gasteiger partial charge >= 0.3 is 0 Å². The summed E-state index contributed by atoms with van der Waals surface area (Å²) in [5, 5.41) is 7.12. The molecule has 0 bridgehead atoms. The van der Waals surface area contributed by atoms with E-state index in [1.54, 1.807) is 0 Å². The van der Waals surface area contributed by atoms with Gasteiger partial charge in [-0.2, -0.15) is 0 Å². The molecular weight excluding hydrogens is 344 g/mol. The number of likely N-dealkylation sites (tertiary alicyclic amines) is 1. The second-order valence-electron chi connectivity index (χ2n) is 8.09. The van der Waals surface area contributed by atoms with Gasteiger partial charge in [-0.15, -0.1) is 0 Å². The largest absolute Gasteiger partial charge is 0.356 e. The van der Waals surface area contributed by atoms with Crippen LogP contribution >= 0.6 is 0 Å². The van der Waals surface area contributed by atoms with Gasteiger partial charge in [0.2, 0.25) is 0 Å².